The average molecular weight is 289 g/mol. The minimum Gasteiger partial charge on any atom is -0.374 e. The molecule has 1 saturated heterocycles. The van der Waals surface area contributed by atoms with E-state index in [9.17, 15) is 4.79 Å². The standard InChI is InChI=1S/C14H19N5O2/c1-9-5-13-17-12(6-10(2)19(13)18-9)14(20)16-8-11-7-15-3-4-21-11/h5-6,11,15H,3-4,7-8H2,1-2H3,(H,16,20)/t11-/m0/s1. The van der Waals surface area contributed by atoms with Gasteiger partial charge in [-0.05, 0) is 19.9 Å². The lowest BCUT2D eigenvalue weighted by Crippen LogP contribution is -2.45. The average Bonchev–Trinajstić information content (AvgIpc) is 2.87. The molecular formula is C14H19N5O2. The van der Waals surface area contributed by atoms with Crippen LogP contribution in [0.15, 0.2) is 12.1 Å². The van der Waals surface area contributed by atoms with Gasteiger partial charge in [0.1, 0.15) is 5.69 Å². The molecule has 2 N–H and O–H groups in total. The van der Waals surface area contributed by atoms with Gasteiger partial charge in [-0.1, -0.05) is 0 Å². The first-order valence-corrected chi connectivity index (χ1v) is 7.08. The number of aromatic nitrogens is 3. The summed E-state index contributed by atoms with van der Waals surface area (Å²) in [6.45, 7) is 6.60. The Morgan fingerprint density at radius 3 is 3.14 bits per heavy atom. The number of carbonyl (C=O) groups is 1. The van der Waals surface area contributed by atoms with Crippen LogP contribution in [0.25, 0.3) is 5.65 Å². The Bertz CT molecular complexity index is 661. The Morgan fingerprint density at radius 2 is 2.38 bits per heavy atom. The van der Waals surface area contributed by atoms with E-state index in [-0.39, 0.29) is 12.0 Å². The second-order valence-electron chi connectivity index (χ2n) is 5.25. The first-order valence-electron chi connectivity index (χ1n) is 7.08. The molecule has 3 heterocycles. The fourth-order valence-electron chi connectivity index (χ4n) is 2.40. The molecular weight excluding hydrogens is 270 g/mol. The monoisotopic (exact) mass is 289 g/mol. The van der Waals surface area contributed by atoms with E-state index >= 15 is 0 Å². The summed E-state index contributed by atoms with van der Waals surface area (Å²) in [4.78, 5) is 16.6. The number of aryl methyl sites for hydroxylation is 2. The minimum atomic E-state index is -0.186. The number of amides is 1. The van der Waals surface area contributed by atoms with Gasteiger partial charge in [0, 0.05) is 31.4 Å². The lowest BCUT2D eigenvalue weighted by atomic mass is 10.2. The van der Waals surface area contributed by atoms with Gasteiger partial charge in [-0.2, -0.15) is 5.10 Å². The summed E-state index contributed by atoms with van der Waals surface area (Å²) >= 11 is 0. The molecule has 7 nitrogen and oxygen atoms in total. The summed E-state index contributed by atoms with van der Waals surface area (Å²) in [5, 5.41) is 10.4. The van der Waals surface area contributed by atoms with Crippen molar-refractivity contribution >= 4 is 11.6 Å². The molecule has 3 rings (SSSR count). The topological polar surface area (TPSA) is 80.5 Å². The lowest BCUT2D eigenvalue weighted by molar-refractivity contribution is 0.0287. The van der Waals surface area contributed by atoms with Crippen molar-refractivity contribution in [2.75, 3.05) is 26.2 Å². The maximum Gasteiger partial charge on any atom is 0.270 e. The molecule has 1 atom stereocenters. The van der Waals surface area contributed by atoms with Crippen molar-refractivity contribution in [3.05, 3.63) is 29.2 Å². The Balaban J connectivity index is 1.71. The summed E-state index contributed by atoms with van der Waals surface area (Å²) in [5.74, 6) is -0.186. The number of rotatable bonds is 3. The molecule has 0 spiro atoms. The Morgan fingerprint density at radius 1 is 1.52 bits per heavy atom. The molecule has 2 aromatic rings. The highest BCUT2D eigenvalue weighted by Gasteiger charge is 2.16. The number of morpholine rings is 1. The van der Waals surface area contributed by atoms with E-state index in [1.807, 2.05) is 19.9 Å². The van der Waals surface area contributed by atoms with E-state index in [1.54, 1.807) is 10.6 Å². The molecule has 7 heteroatoms. The Kier molecular flexibility index (Phi) is 3.85. The van der Waals surface area contributed by atoms with E-state index in [2.05, 4.69) is 20.7 Å². The largest absolute Gasteiger partial charge is 0.374 e. The number of nitrogens with one attached hydrogen (secondary N) is 2. The van der Waals surface area contributed by atoms with Crippen molar-refractivity contribution in [1.82, 2.24) is 25.2 Å². The van der Waals surface area contributed by atoms with Gasteiger partial charge in [0.25, 0.3) is 5.91 Å². The summed E-state index contributed by atoms with van der Waals surface area (Å²) in [7, 11) is 0. The summed E-state index contributed by atoms with van der Waals surface area (Å²) in [5.41, 5.74) is 2.86. The van der Waals surface area contributed by atoms with Crippen LogP contribution in [0.1, 0.15) is 21.9 Å². The molecule has 1 aliphatic rings. The van der Waals surface area contributed by atoms with E-state index < -0.39 is 0 Å². The first kappa shape index (κ1) is 14.0. The van der Waals surface area contributed by atoms with Crippen LogP contribution in [0, 0.1) is 13.8 Å². The van der Waals surface area contributed by atoms with E-state index in [0.717, 1.165) is 24.5 Å². The van der Waals surface area contributed by atoms with E-state index in [4.69, 9.17) is 4.74 Å². The molecule has 1 amide bonds. The molecule has 0 unspecified atom stereocenters. The number of carbonyl (C=O) groups excluding carboxylic acids is 1. The molecule has 0 aromatic carbocycles. The first-order chi connectivity index (χ1) is 10.1. The quantitative estimate of drug-likeness (QED) is 0.835. The van der Waals surface area contributed by atoms with Crippen LogP contribution in [0.4, 0.5) is 0 Å². The van der Waals surface area contributed by atoms with Crippen LogP contribution in [0.5, 0.6) is 0 Å². The smallest absolute Gasteiger partial charge is 0.270 e. The second kappa shape index (κ2) is 5.79. The Labute approximate surface area is 122 Å². The Hall–Kier alpha value is -1.99. The van der Waals surface area contributed by atoms with Crippen LogP contribution in [-0.2, 0) is 4.74 Å². The maximum absolute atomic E-state index is 12.2. The van der Waals surface area contributed by atoms with Crippen molar-refractivity contribution in [2.45, 2.75) is 20.0 Å². The van der Waals surface area contributed by atoms with Gasteiger partial charge in [0.05, 0.1) is 18.4 Å². The van der Waals surface area contributed by atoms with Gasteiger partial charge < -0.3 is 15.4 Å². The van der Waals surface area contributed by atoms with Crippen molar-refractivity contribution in [3.8, 4) is 0 Å². The maximum atomic E-state index is 12.2. The predicted molar refractivity (Wildman–Crippen MR) is 77.4 cm³/mol. The van der Waals surface area contributed by atoms with Crippen molar-refractivity contribution in [1.29, 1.82) is 0 Å². The van der Waals surface area contributed by atoms with Gasteiger partial charge in [-0.15, -0.1) is 0 Å². The van der Waals surface area contributed by atoms with Gasteiger partial charge >= 0.3 is 0 Å². The van der Waals surface area contributed by atoms with Crippen LogP contribution in [0.2, 0.25) is 0 Å². The molecule has 1 aliphatic heterocycles. The van der Waals surface area contributed by atoms with Gasteiger partial charge in [0.15, 0.2) is 5.65 Å². The zero-order valence-electron chi connectivity index (χ0n) is 12.2. The third-order valence-corrected chi connectivity index (χ3v) is 3.45. The van der Waals surface area contributed by atoms with E-state index in [1.165, 1.54) is 0 Å². The van der Waals surface area contributed by atoms with Gasteiger partial charge in [-0.25, -0.2) is 9.50 Å². The molecule has 0 aliphatic carbocycles. The SMILES string of the molecule is Cc1cc2nc(C(=O)NC[C@@H]3CNCCO3)cc(C)n2n1. The van der Waals surface area contributed by atoms with E-state index in [0.29, 0.717) is 24.5 Å². The zero-order valence-corrected chi connectivity index (χ0v) is 12.2. The third-order valence-electron chi connectivity index (χ3n) is 3.45. The van der Waals surface area contributed by atoms with Crippen molar-refractivity contribution in [2.24, 2.45) is 0 Å². The van der Waals surface area contributed by atoms with Crippen LogP contribution < -0.4 is 10.6 Å². The molecule has 1 fully saturated rings. The summed E-state index contributed by atoms with van der Waals surface area (Å²) in [6.07, 6.45) is 0.0183. The van der Waals surface area contributed by atoms with Crippen LogP contribution in [0.3, 0.4) is 0 Å². The number of fused-ring (bicyclic) bond motifs is 1. The normalized spacial score (nSPS) is 18.9. The van der Waals surface area contributed by atoms with Crippen molar-refractivity contribution in [3.63, 3.8) is 0 Å². The van der Waals surface area contributed by atoms with Crippen LogP contribution >= 0.6 is 0 Å². The number of hydrogen-bond donors (Lipinski definition) is 2. The lowest BCUT2D eigenvalue weighted by Gasteiger charge is -2.23. The minimum absolute atomic E-state index is 0.0183. The molecule has 0 bridgehead atoms. The summed E-state index contributed by atoms with van der Waals surface area (Å²) < 4.78 is 7.29. The zero-order chi connectivity index (χ0) is 14.8. The second-order valence-corrected chi connectivity index (χ2v) is 5.25. The molecule has 0 radical (unpaired) electrons. The number of hydrogen-bond acceptors (Lipinski definition) is 5. The molecule has 2 aromatic heterocycles. The third kappa shape index (κ3) is 3.03. The highest BCUT2D eigenvalue weighted by atomic mass is 16.5. The fraction of sp³-hybridized carbons (Fsp3) is 0.500. The highest BCUT2D eigenvalue weighted by molar-refractivity contribution is 5.92. The number of nitrogens with zero attached hydrogens (tertiary/aromatic N) is 3. The fourth-order valence-corrected chi connectivity index (χ4v) is 2.40. The molecule has 0 saturated carbocycles. The summed E-state index contributed by atoms with van der Waals surface area (Å²) in [6, 6.07) is 3.60. The van der Waals surface area contributed by atoms with Crippen LogP contribution in [-0.4, -0.2) is 52.9 Å². The highest BCUT2D eigenvalue weighted by Crippen LogP contribution is 2.09. The predicted octanol–water partition coefficient (Wildman–Crippen LogP) is 0.0643. The molecule has 112 valence electrons. The van der Waals surface area contributed by atoms with Gasteiger partial charge in [-0.3, -0.25) is 4.79 Å². The van der Waals surface area contributed by atoms with Gasteiger partial charge in [0.2, 0.25) is 0 Å². The molecule has 21 heavy (non-hydrogen) atoms. The number of ether oxygens (including phenoxy) is 1. The van der Waals surface area contributed by atoms with Crippen molar-refractivity contribution < 1.29 is 9.53 Å².